The second-order valence-electron chi connectivity index (χ2n) is 6.32. The topological polar surface area (TPSA) is 52.6 Å². The van der Waals surface area contributed by atoms with Crippen LogP contribution < -0.4 is 4.90 Å². The van der Waals surface area contributed by atoms with Crippen molar-refractivity contribution >= 4 is 33.3 Å². The lowest BCUT2D eigenvalue weighted by Gasteiger charge is -2.36. The molecule has 4 heterocycles. The lowest BCUT2D eigenvalue weighted by molar-refractivity contribution is -0.134. The Morgan fingerprint density at radius 1 is 1.22 bits per heavy atom. The molecular formula is C16H21N5OS. The Bertz CT molecular complexity index is 709. The van der Waals surface area contributed by atoms with E-state index >= 15 is 0 Å². The average molecular weight is 331 g/mol. The van der Waals surface area contributed by atoms with E-state index in [1.165, 1.54) is 0 Å². The van der Waals surface area contributed by atoms with Crippen LogP contribution in [0, 0.1) is 0 Å². The van der Waals surface area contributed by atoms with E-state index < -0.39 is 0 Å². The number of nitrogens with zero attached hydrogens (tertiary/aromatic N) is 5. The summed E-state index contributed by atoms with van der Waals surface area (Å²) in [5.74, 6) is 1.18. The molecule has 2 aromatic rings. The number of thiophene rings is 1. The van der Waals surface area contributed by atoms with Gasteiger partial charge in [-0.3, -0.25) is 4.79 Å². The van der Waals surface area contributed by atoms with Crippen LogP contribution in [0.4, 0.5) is 5.82 Å². The van der Waals surface area contributed by atoms with E-state index in [2.05, 4.69) is 32.9 Å². The molecule has 0 radical (unpaired) electrons. The SMILES string of the molecule is CN1CCN(C(=O)[C@@H]2CCCN2c2ncnc3sccc23)CC1. The molecule has 0 aliphatic carbocycles. The number of amides is 1. The van der Waals surface area contributed by atoms with E-state index in [4.69, 9.17) is 0 Å². The van der Waals surface area contributed by atoms with E-state index in [0.717, 1.165) is 61.6 Å². The molecule has 2 aliphatic heterocycles. The van der Waals surface area contributed by atoms with Crippen LogP contribution in [0.1, 0.15) is 12.8 Å². The first-order valence-corrected chi connectivity index (χ1v) is 9.04. The Hall–Kier alpha value is -1.73. The Morgan fingerprint density at radius 3 is 2.87 bits per heavy atom. The van der Waals surface area contributed by atoms with Gasteiger partial charge in [-0.25, -0.2) is 9.97 Å². The minimum absolute atomic E-state index is 0.0728. The highest BCUT2D eigenvalue weighted by Crippen LogP contribution is 2.32. The van der Waals surface area contributed by atoms with E-state index in [1.807, 2.05) is 10.3 Å². The molecule has 0 aromatic carbocycles. The number of carbonyl (C=O) groups excluding carboxylic acids is 1. The van der Waals surface area contributed by atoms with Crippen molar-refractivity contribution in [3.8, 4) is 0 Å². The van der Waals surface area contributed by atoms with Gasteiger partial charge in [-0.15, -0.1) is 11.3 Å². The molecule has 0 bridgehead atoms. The van der Waals surface area contributed by atoms with Crippen molar-refractivity contribution in [3.05, 3.63) is 17.8 Å². The van der Waals surface area contributed by atoms with Crippen molar-refractivity contribution in [2.24, 2.45) is 0 Å². The highest BCUT2D eigenvalue weighted by Gasteiger charge is 2.36. The number of anilines is 1. The van der Waals surface area contributed by atoms with E-state index in [0.29, 0.717) is 0 Å². The summed E-state index contributed by atoms with van der Waals surface area (Å²) in [5.41, 5.74) is 0. The zero-order valence-corrected chi connectivity index (χ0v) is 14.1. The summed E-state index contributed by atoms with van der Waals surface area (Å²) in [4.78, 5) is 29.3. The molecule has 2 aliphatic rings. The van der Waals surface area contributed by atoms with Crippen LogP contribution in [-0.4, -0.2) is 71.5 Å². The summed E-state index contributed by atoms with van der Waals surface area (Å²) in [6, 6.07) is 1.99. The van der Waals surface area contributed by atoms with Gasteiger partial charge in [0.25, 0.3) is 0 Å². The van der Waals surface area contributed by atoms with Crippen molar-refractivity contribution in [2.45, 2.75) is 18.9 Å². The smallest absolute Gasteiger partial charge is 0.245 e. The fourth-order valence-electron chi connectivity index (χ4n) is 3.52. The summed E-state index contributed by atoms with van der Waals surface area (Å²) in [6.07, 6.45) is 3.57. The molecule has 4 rings (SSSR count). The number of rotatable bonds is 2. The van der Waals surface area contributed by atoms with Gasteiger partial charge < -0.3 is 14.7 Å². The van der Waals surface area contributed by atoms with Gasteiger partial charge in [-0.1, -0.05) is 0 Å². The van der Waals surface area contributed by atoms with Gasteiger partial charge in [0, 0.05) is 32.7 Å². The number of aromatic nitrogens is 2. The standard InChI is InChI=1S/C16H21N5OS/c1-19-6-8-20(9-7-19)16(22)13-3-2-5-21(13)14-12-4-10-23-15(12)18-11-17-14/h4,10-11,13H,2-3,5-9H2,1H3/t13-/m0/s1. The molecule has 0 N–H and O–H groups in total. The maximum atomic E-state index is 13.0. The third kappa shape index (κ3) is 2.68. The van der Waals surface area contributed by atoms with Gasteiger partial charge in [0.1, 0.15) is 23.0 Å². The van der Waals surface area contributed by atoms with E-state index in [9.17, 15) is 4.79 Å². The highest BCUT2D eigenvalue weighted by molar-refractivity contribution is 7.16. The van der Waals surface area contributed by atoms with Crippen molar-refractivity contribution in [3.63, 3.8) is 0 Å². The van der Waals surface area contributed by atoms with Crippen molar-refractivity contribution in [1.82, 2.24) is 19.8 Å². The predicted octanol–water partition coefficient (Wildman–Crippen LogP) is 1.43. The van der Waals surface area contributed by atoms with Gasteiger partial charge >= 0.3 is 0 Å². The lowest BCUT2D eigenvalue weighted by Crippen LogP contribution is -2.53. The average Bonchev–Trinajstić information content (AvgIpc) is 3.23. The molecule has 2 aromatic heterocycles. The van der Waals surface area contributed by atoms with Crippen LogP contribution >= 0.6 is 11.3 Å². The molecule has 1 atom stereocenters. The van der Waals surface area contributed by atoms with Crippen molar-refractivity contribution < 1.29 is 4.79 Å². The number of hydrogen-bond acceptors (Lipinski definition) is 6. The van der Waals surface area contributed by atoms with E-state index in [1.54, 1.807) is 17.7 Å². The molecule has 1 amide bonds. The lowest BCUT2D eigenvalue weighted by atomic mass is 10.1. The van der Waals surface area contributed by atoms with Gasteiger partial charge in [0.05, 0.1) is 5.39 Å². The minimum atomic E-state index is -0.0728. The molecule has 0 spiro atoms. The third-order valence-corrected chi connectivity index (χ3v) is 5.69. The van der Waals surface area contributed by atoms with E-state index in [-0.39, 0.29) is 11.9 Å². The maximum absolute atomic E-state index is 13.0. The summed E-state index contributed by atoms with van der Waals surface area (Å²) in [6.45, 7) is 4.47. The minimum Gasteiger partial charge on any atom is -0.344 e. The fraction of sp³-hybridized carbons (Fsp3) is 0.562. The van der Waals surface area contributed by atoms with Gasteiger partial charge in [-0.2, -0.15) is 0 Å². The summed E-state index contributed by atoms with van der Waals surface area (Å²) in [5, 5.41) is 3.10. The van der Waals surface area contributed by atoms with Crippen molar-refractivity contribution in [1.29, 1.82) is 0 Å². The summed E-state index contributed by atoms with van der Waals surface area (Å²) >= 11 is 1.62. The normalized spacial score (nSPS) is 22.9. The first-order chi connectivity index (χ1) is 11.2. The van der Waals surface area contributed by atoms with Crippen LogP contribution in [0.2, 0.25) is 0 Å². The third-order valence-electron chi connectivity index (χ3n) is 4.87. The zero-order chi connectivity index (χ0) is 15.8. The highest BCUT2D eigenvalue weighted by atomic mass is 32.1. The molecule has 23 heavy (non-hydrogen) atoms. The molecular weight excluding hydrogens is 310 g/mol. The van der Waals surface area contributed by atoms with Gasteiger partial charge in [0.2, 0.25) is 5.91 Å². The van der Waals surface area contributed by atoms with Crippen LogP contribution in [0.3, 0.4) is 0 Å². The number of carbonyl (C=O) groups is 1. The number of likely N-dealkylation sites (N-methyl/N-ethyl adjacent to an activating group) is 1. The van der Waals surface area contributed by atoms with Gasteiger partial charge in [-0.05, 0) is 31.3 Å². The quantitative estimate of drug-likeness (QED) is 0.833. The Balaban J connectivity index is 1.59. The Morgan fingerprint density at radius 2 is 2.04 bits per heavy atom. The molecule has 2 saturated heterocycles. The second-order valence-corrected chi connectivity index (χ2v) is 7.21. The molecule has 0 saturated carbocycles. The van der Waals surface area contributed by atoms with Crippen LogP contribution in [0.15, 0.2) is 17.8 Å². The van der Waals surface area contributed by atoms with Crippen LogP contribution in [-0.2, 0) is 4.79 Å². The maximum Gasteiger partial charge on any atom is 0.245 e. The first kappa shape index (κ1) is 14.8. The summed E-state index contributed by atoms with van der Waals surface area (Å²) < 4.78 is 0. The second kappa shape index (κ2) is 6.05. The summed E-state index contributed by atoms with van der Waals surface area (Å²) in [7, 11) is 2.11. The first-order valence-electron chi connectivity index (χ1n) is 8.16. The van der Waals surface area contributed by atoms with Crippen molar-refractivity contribution in [2.75, 3.05) is 44.7 Å². The molecule has 2 fully saturated rings. The van der Waals surface area contributed by atoms with Crippen LogP contribution in [0.25, 0.3) is 10.2 Å². The number of piperazine rings is 1. The molecule has 122 valence electrons. The molecule has 6 nitrogen and oxygen atoms in total. The largest absolute Gasteiger partial charge is 0.344 e. The monoisotopic (exact) mass is 331 g/mol. The van der Waals surface area contributed by atoms with Gasteiger partial charge in [0.15, 0.2) is 0 Å². The Labute approximate surface area is 139 Å². The number of hydrogen-bond donors (Lipinski definition) is 0. The number of fused-ring (bicyclic) bond motifs is 1. The Kier molecular flexibility index (Phi) is 3.90. The zero-order valence-electron chi connectivity index (χ0n) is 13.3. The molecule has 7 heteroatoms. The van der Waals surface area contributed by atoms with Crippen LogP contribution in [0.5, 0.6) is 0 Å². The molecule has 0 unspecified atom stereocenters. The fourth-order valence-corrected chi connectivity index (χ4v) is 4.25. The predicted molar refractivity (Wildman–Crippen MR) is 91.9 cm³/mol.